The number of fused-ring (bicyclic) bond motifs is 1. The first kappa shape index (κ1) is 16.3. The molecule has 0 bridgehead atoms. The van der Waals surface area contributed by atoms with Crippen molar-refractivity contribution < 1.29 is 24.0 Å². The summed E-state index contributed by atoms with van der Waals surface area (Å²) < 4.78 is 0.650. The van der Waals surface area contributed by atoms with Gasteiger partial charge in [0.15, 0.2) is 0 Å². The van der Waals surface area contributed by atoms with Crippen LogP contribution in [0.1, 0.15) is 33.6 Å². The van der Waals surface area contributed by atoms with Crippen molar-refractivity contribution in [3.8, 4) is 0 Å². The van der Waals surface area contributed by atoms with Crippen LogP contribution >= 0.6 is 15.9 Å². The summed E-state index contributed by atoms with van der Waals surface area (Å²) in [7, 11) is 0. The Morgan fingerprint density at radius 1 is 1.21 bits per heavy atom. The van der Waals surface area contributed by atoms with E-state index in [2.05, 4.69) is 26.6 Å². The third-order valence-corrected chi connectivity index (χ3v) is 4.30. The molecule has 24 heavy (non-hydrogen) atoms. The second kappa shape index (κ2) is 6.16. The number of piperidine rings is 1. The fraction of sp³-hybridized carbons (Fsp3) is 0.267. The van der Waals surface area contributed by atoms with Gasteiger partial charge in [0.05, 0.1) is 11.1 Å². The summed E-state index contributed by atoms with van der Waals surface area (Å²) in [5.74, 6) is -2.74. The van der Waals surface area contributed by atoms with E-state index in [-0.39, 0.29) is 24.0 Å². The van der Waals surface area contributed by atoms with Crippen LogP contribution in [-0.2, 0) is 14.4 Å². The number of amides is 5. The Kier molecular flexibility index (Phi) is 4.18. The summed E-state index contributed by atoms with van der Waals surface area (Å²) in [5.41, 5.74) is 0.459. The van der Waals surface area contributed by atoms with Gasteiger partial charge in [-0.3, -0.25) is 34.2 Å². The van der Waals surface area contributed by atoms with Crippen LogP contribution in [0.15, 0.2) is 22.7 Å². The minimum atomic E-state index is -0.848. The lowest BCUT2D eigenvalue weighted by Gasteiger charge is -2.22. The van der Waals surface area contributed by atoms with Crippen LogP contribution in [0.25, 0.3) is 0 Å². The third-order valence-electron chi connectivity index (χ3n) is 3.81. The molecule has 5 amide bonds. The Bertz CT molecular complexity index is 791. The summed E-state index contributed by atoms with van der Waals surface area (Å²) in [6.07, 6.45) is 0.309. The van der Waals surface area contributed by atoms with Crippen molar-refractivity contribution in [2.75, 3.05) is 6.54 Å². The maximum absolute atomic E-state index is 12.3. The van der Waals surface area contributed by atoms with E-state index < -0.39 is 42.1 Å². The summed E-state index contributed by atoms with van der Waals surface area (Å²) in [4.78, 5) is 60.1. The number of hydrogen-bond acceptors (Lipinski definition) is 5. The predicted octanol–water partition coefficient (Wildman–Crippen LogP) is -0.0335. The number of rotatable bonds is 3. The van der Waals surface area contributed by atoms with Gasteiger partial charge in [0.2, 0.25) is 17.7 Å². The summed E-state index contributed by atoms with van der Waals surface area (Å²) >= 11 is 3.23. The molecule has 124 valence electrons. The number of nitrogens with zero attached hydrogens (tertiary/aromatic N) is 1. The third kappa shape index (κ3) is 2.94. The average molecular weight is 394 g/mol. The number of halogens is 1. The minimum absolute atomic E-state index is 0.123. The molecule has 0 saturated carbocycles. The van der Waals surface area contributed by atoms with E-state index in [0.717, 1.165) is 4.90 Å². The Morgan fingerprint density at radius 3 is 2.62 bits per heavy atom. The number of carbonyl (C=O) groups is 5. The molecule has 8 nitrogen and oxygen atoms in total. The average Bonchev–Trinajstić information content (AvgIpc) is 2.75. The summed E-state index contributed by atoms with van der Waals surface area (Å²) in [6.45, 7) is -0.484. The number of imide groups is 2. The molecule has 0 radical (unpaired) electrons. The molecule has 1 atom stereocenters. The van der Waals surface area contributed by atoms with E-state index in [4.69, 9.17) is 0 Å². The van der Waals surface area contributed by atoms with Gasteiger partial charge in [0, 0.05) is 10.9 Å². The molecule has 2 N–H and O–H groups in total. The minimum Gasteiger partial charge on any atom is -0.343 e. The van der Waals surface area contributed by atoms with Gasteiger partial charge in [0.25, 0.3) is 11.8 Å². The molecule has 2 aliphatic rings. The van der Waals surface area contributed by atoms with Gasteiger partial charge >= 0.3 is 0 Å². The molecule has 1 fully saturated rings. The van der Waals surface area contributed by atoms with E-state index >= 15 is 0 Å². The van der Waals surface area contributed by atoms with Crippen LogP contribution in [0.4, 0.5) is 0 Å². The van der Waals surface area contributed by atoms with Crippen molar-refractivity contribution in [1.82, 2.24) is 15.5 Å². The maximum Gasteiger partial charge on any atom is 0.262 e. The Hall–Kier alpha value is -2.55. The number of carbonyl (C=O) groups excluding carboxylic acids is 5. The lowest BCUT2D eigenvalue weighted by Crippen LogP contribution is -2.54. The molecule has 1 aromatic rings. The Labute approximate surface area is 144 Å². The molecule has 2 aliphatic heterocycles. The van der Waals surface area contributed by atoms with E-state index in [9.17, 15) is 24.0 Å². The van der Waals surface area contributed by atoms with E-state index in [1.807, 2.05) is 0 Å². The molecule has 2 heterocycles. The first-order valence-corrected chi connectivity index (χ1v) is 7.95. The molecular weight excluding hydrogens is 382 g/mol. The molecule has 1 aromatic carbocycles. The molecule has 0 aliphatic carbocycles. The van der Waals surface area contributed by atoms with Crippen molar-refractivity contribution in [3.05, 3.63) is 33.8 Å². The largest absolute Gasteiger partial charge is 0.343 e. The smallest absolute Gasteiger partial charge is 0.262 e. The molecular formula is C15H12BrN3O5. The summed E-state index contributed by atoms with van der Waals surface area (Å²) in [6, 6.07) is 3.82. The van der Waals surface area contributed by atoms with Crippen LogP contribution in [0.3, 0.4) is 0 Å². The highest BCUT2D eigenvalue weighted by atomic mass is 79.9. The topological polar surface area (TPSA) is 113 Å². The fourth-order valence-corrected chi connectivity index (χ4v) is 2.98. The van der Waals surface area contributed by atoms with Crippen molar-refractivity contribution in [2.24, 2.45) is 0 Å². The van der Waals surface area contributed by atoms with E-state index in [1.165, 1.54) is 12.1 Å². The van der Waals surface area contributed by atoms with Gasteiger partial charge in [-0.05, 0) is 24.6 Å². The van der Waals surface area contributed by atoms with Crippen LogP contribution in [0.2, 0.25) is 0 Å². The highest BCUT2D eigenvalue weighted by Crippen LogP contribution is 2.25. The number of nitrogens with one attached hydrogen (secondary N) is 2. The second-order valence-corrected chi connectivity index (χ2v) is 6.37. The van der Waals surface area contributed by atoms with Crippen LogP contribution in [-0.4, -0.2) is 47.0 Å². The zero-order valence-corrected chi connectivity index (χ0v) is 13.9. The number of benzene rings is 1. The van der Waals surface area contributed by atoms with Gasteiger partial charge in [0.1, 0.15) is 12.6 Å². The normalized spacial score (nSPS) is 20.0. The zero-order chi connectivity index (χ0) is 17.4. The van der Waals surface area contributed by atoms with Crippen LogP contribution < -0.4 is 10.6 Å². The van der Waals surface area contributed by atoms with Gasteiger partial charge in [-0.1, -0.05) is 15.9 Å². The lowest BCUT2D eigenvalue weighted by atomic mass is 10.1. The quantitative estimate of drug-likeness (QED) is 0.700. The van der Waals surface area contributed by atoms with Gasteiger partial charge < -0.3 is 5.32 Å². The highest BCUT2D eigenvalue weighted by molar-refractivity contribution is 9.10. The van der Waals surface area contributed by atoms with Crippen LogP contribution in [0, 0.1) is 0 Å². The zero-order valence-electron chi connectivity index (χ0n) is 12.3. The van der Waals surface area contributed by atoms with Gasteiger partial charge in [-0.2, -0.15) is 0 Å². The van der Waals surface area contributed by atoms with Crippen molar-refractivity contribution >= 4 is 45.5 Å². The molecule has 0 spiro atoms. The van der Waals surface area contributed by atoms with Crippen molar-refractivity contribution in [2.45, 2.75) is 18.9 Å². The molecule has 0 aromatic heterocycles. The van der Waals surface area contributed by atoms with Crippen molar-refractivity contribution in [1.29, 1.82) is 0 Å². The monoisotopic (exact) mass is 393 g/mol. The first-order valence-electron chi connectivity index (χ1n) is 7.15. The fourth-order valence-electron chi connectivity index (χ4n) is 2.62. The highest BCUT2D eigenvalue weighted by Gasteiger charge is 2.37. The molecule has 1 saturated heterocycles. The lowest BCUT2D eigenvalue weighted by molar-refractivity contribution is -0.137. The molecule has 1 unspecified atom stereocenters. The second-order valence-electron chi connectivity index (χ2n) is 5.46. The molecule has 3 rings (SSSR count). The molecule has 9 heteroatoms. The van der Waals surface area contributed by atoms with Crippen LogP contribution in [0.5, 0.6) is 0 Å². The number of hydrogen-bond donors (Lipinski definition) is 2. The van der Waals surface area contributed by atoms with Crippen molar-refractivity contribution in [3.63, 3.8) is 0 Å². The Balaban J connectivity index is 1.67. The standard InChI is InChI=1S/C15H12BrN3O5/c16-7-1-2-8-9(5-7)15(24)19(14(8)23)6-12(21)17-10-3-4-11(20)18-13(10)22/h1-2,5,10H,3-4,6H2,(H,17,21)(H,18,20,22). The SMILES string of the molecule is O=C1CCC(NC(=O)CN2C(=O)c3ccc(Br)cc3C2=O)C(=O)N1. The first-order chi connectivity index (χ1) is 11.4. The Morgan fingerprint density at radius 2 is 1.92 bits per heavy atom. The van der Waals surface area contributed by atoms with E-state index in [0.29, 0.717) is 4.47 Å². The van der Waals surface area contributed by atoms with Gasteiger partial charge in [-0.25, -0.2) is 0 Å². The maximum atomic E-state index is 12.3. The summed E-state index contributed by atoms with van der Waals surface area (Å²) in [5, 5.41) is 4.56. The van der Waals surface area contributed by atoms with E-state index in [1.54, 1.807) is 6.07 Å². The predicted molar refractivity (Wildman–Crippen MR) is 83.8 cm³/mol. The van der Waals surface area contributed by atoms with Gasteiger partial charge in [-0.15, -0.1) is 0 Å².